The highest BCUT2D eigenvalue weighted by molar-refractivity contribution is 7.99. The average Bonchev–Trinajstić information content (AvgIpc) is 2.76. The topological polar surface area (TPSA) is 100 Å². The number of hydrogen-bond donors (Lipinski definition) is 1. The van der Waals surface area contributed by atoms with Gasteiger partial charge in [-0.05, 0) is 49.9 Å². The number of fused-ring (bicyclic) bond motifs is 1. The van der Waals surface area contributed by atoms with Crippen LogP contribution in [-0.2, 0) is 21.1 Å². The number of hydrogen-bond acceptors (Lipinski definition) is 6. The molecule has 0 spiro atoms. The molecule has 166 valence electrons. The molecule has 1 aromatic heterocycles. The van der Waals surface area contributed by atoms with Gasteiger partial charge in [0.2, 0.25) is 15.7 Å². The first-order chi connectivity index (χ1) is 15.3. The Morgan fingerprint density at radius 1 is 1.16 bits per heavy atom. The van der Waals surface area contributed by atoms with Crippen molar-refractivity contribution in [3.8, 4) is 0 Å². The molecule has 0 fully saturated rings. The predicted octanol–water partition coefficient (Wildman–Crippen LogP) is 3.29. The number of para-hydroxylation sites is 1. The van der Waals surface area contributed by atoms with E-state index in [1.807, 2.05) is 31.2 Å². The first-order valence-corrected chi connectivity index (χ1v) is 12.7. The van der Waals surface area contributed by atoms with Crippen LogP contribution in [0.2, 0.25) is 0 Å². The van der Waals surface area contributed by atoms with Gasteiger partial charge < -0.3 is 9.88 Å². The Morgan fingerprint density at radius 2 is 1.94 bits per heavy atom. The van der Waals surface area contributed by atoms with E-state index in [-0.39, 0.29) is 21.7 Å². The number of anilines is 1. The van der Waals surface area contributed by atoms with Gasteiger partial charge in [0.15, 0.2) is 10.1 Å². The molecular formula is C23H23N3O4S2. The third-order valence-corrected chi connectivity index (χ3v) is 8.18. The van der Waals surface area contributed by atoms with Crippen LogP contribution in [0.1, 0.15) is 23.1 Å². The van der Waals surface area contributed by atoms with Gasteiger partial charge in [0.05, 0.1) is 16.8 Å². The summed E-state index contributed by atoms with van der Waals surface area (Å²) in [5.41, 5.74) is 2.81. The number of amides is 1. The number of aromatic nitrogens is 2. The fraction of sp³-hybridized carbons (Fsp3) is 0.261. The molecule has 3 aromatic rings. The lowest BCUT2D eigenvalue weighted by Gasteiger charge is -2.29. The number of nitrogens with zero attached hydrogens (tertiary/aromatic N) is 2. The van der Waals surface area contributed by atoms with Crippen LogP contribution < -0.4 is 10.5 Å². The lowest BCUT2D eigenvalue weighted by Crippen LogP contribution is -2.36. The van der Waals surface area contributed by atoms with Crippen LogP contribution in [0.4, 0.5) is 5.69 Å². The molecule has 1 aliphatic heterocycles. The van der Waals surface area contributed by atoms with Crippen LogP contribution in [-0.4, -0.2) is 36.6 Å². The van der Waals surface area contributed by atoms with E-state index in [4.69, 9.17) is 0 Å². The zero-order valence-electron chi connectivity index (χ0n) is 17.8. The Labute approximate surface area is 190 Å². The van der Waals surface area contributed by atoms with Gasteiger partial charge in [0.1, 0.15) is 0 Å². The summed E-state index contributed by atoms with van der Waals surface area (Å²) in [4.78, 5) is 33.4. The van der Waals surface area contributed by atoms with Crippen molar-refractivity contribution in [2.24, 2.45) is 0 Å². The second-order valence-electron chi connectivity index (χ2n) is 7.72. The summed E-state index contributed by atoms with van der Waals surface area (Å²) in [5, 5.41) is 0.202. The van der Waals surface area contributed by atoms with Crippen molar-refractivity contribution in [3.05, 3.63) is 75.7 Å². The molecule has 2 heterocycles. The van der Waals surface area contributed by atoms with E-state index in [0.717, 1.165) is 47.6 Å². The molecule has 0 saturated carbocycles. The molecule has 7 nitrogen and oxygen atoms in total. The van der Waals surface area contributed by atoms with Gasteiger partial charge >= 0.3 is 0 Å². The number of sulfone groups is 1. The molecule has 0 unspecified atom stereocenters. The molecule has 1 amide bonds. The fourth-order valence-corrected chi connectivity index (χ4v) is 6.01. The highest BCUT2D eigenvalue weighted by Gasteiger charge is 2.25. The molecule has 0 saturated heterocycles. The van der Waals surface area contributed by atoms with Crippen LogP contribution in [0.25, 0.3) is 0 Å². The summed E-state index contributed by atoms with van der Waals surface area (Å²) < 4.78 is 25.9. The van der Waals surface area contributed by atoms with E-state index < -0.39 is 20.3 Å². The van der Waals surface area contributed by atoms with Crippen LogP contribution in [0, 0.1) is 13.8 Å². The minimum absolute atomic E-state index is 0.0785. The summed E-state index contributed by atoms with van der Waals surface area (Å²) >= 11 is 1.08. The van der Waals surface area contributed by atoms with Crippen LogP contribution in [0.15, 0.2) is 68.4 Å². The number of benzene rings is 2. The summed E-state index contributed by atoms with van der Waals surface area (Å²) in [7, 11) is -4.01. The SMILES string of the molecule is Cc1ccc(S(=O)(=O)c2cnc(SCC(=O)N3CCCc4ccccc43)[nH]c2=O)c(C)c1. The van der Waals surface area contributed by atoms with Gasteiger partial charge in [-0.25, -0.2) is 13.4 Å². The molecule has 9 heteroatoms. The van der Waals surface area contributed by atoms with Crippen LogP contribution in [0.3, 0.4) is 0 Å². The molecule has 0 aliphatic carbocycles. The van der Waals surface area contributed by atoms with Crippen LogP contribution in [0.5, 0.6) is 0 Å². The molecule has 0 atom stereocenters. The van der Waals surface area contributed by atoms with E-state index in [0.29, 0.717) is 12.1 Å². The molecule has 0 radical (unpaired) electrons. The van der Waals surface area contributed by atoms with Gasteiger partial charge in [-0.3, -0.25) is 9.59 Å². The van der Waals surface area contributed by atoms with E-state index in [9.17, 15) is 18.0 Å². The highest BCUT2D eigenvalue weighted by atomic mass is 32.2. The van der Waals surface area contributed by atoms with Gasteiger partial charge in [0, 0.05) is 12.2 Å². The Hall–Kier alpha value is -2.91. The summed E-state index contributed by atoms with van der Waals surface area (Å²) in [6, 6.07) is 12.8. The van der Waals surface area contributed by atoms with Crippen molar-refractivity contribution in [1.82, 2.24) is 9.97 Å². The third-order valence-electron chi connectivity index (χ3n) is 5.40. The zero-order valence-corrected chi connectivity index (χ0v) is 19.4. The lowest BCUT2D eigenvalue weighted by atomic mass is 10.0. The first-order valence-electron chi connectivity index (χ1n) is 10.2. The number of rotatable bonds is 5. The Morgan fingerprint density at radius 3 is 2.69 bits per heavy atom. The Kier molecular flexibility index (Phi) is 6.21. The van der Waals surface area contributed by atoms with Crippen LogP contribution >= 0.6 is 11.8 Å². The van der Waals surface area contributed by atoms with Crippen molar-refractivity contribution < 1.29 is 13.2 Å². The second kappa shape index (κ2) is 8.91. The van der Waals surface area contributed by atoms with Gasteiger partial charge in [-0.1, -0.05) is 47.7 Å². The summed E-state index contributed by atoms with van der Waals surface area (Å²) in [6.07, 6.45) is 2.91. The first kappa shape index (κ1) is 22.3. The van der Waals surface area contributed by atoms with Gasteiger partial charge in [-0.2, -0.15) is 0 Å². The van der Waals surface area contributed by atoms with Crippen molar-refractivity contribution in [3.63, 3.8) is 0 Å². The molecule has 32 heavy (non-hydrogen) atoms. The number of H-pyrrole nitrogens is 1. The van der Waals surface area contributed by atoms with Crippen molar-refractivity contribution in [2.75, 3.05) is 17.2 Å². The third kappa shape index (κ3) is 4.35. The molecule has 2 aromatic carbocycles. The van der Waals surface area contributed by atoms with Gasteiger partial charge in [0.25, 0.3) is 5.56 Å². The predicted molar refractivity (Wildman–Crippen MR) is 124 cm³/mol. The lowest BCUT2D eigenvalue weighted by molar-refractivity contribution is -0.116. The largest absolute Gasteiger partial charge is 0.311 e. The second-order valence-corrected chi connectivity index (χ2v) is 10.6. The molecule has 4 rings (SSSR count). The normalized spacial score (nSPS) is 13.6. The quantitative estimate of drug-likeness (QED) is 0.455. The minimum atomic E-state index is -4.01. The Bertz CT molecular complexity index is 1350. The number of carbonyl (C=O) groups excluding carboxylic acids is 1. The maximum atomic E-state index is 13.0. The average molecular weight is 470 g/mol. The van der Waals surface area contributed by atoms with E-state index in [2.05, 4.69) is 9.97 Å². The number of carbonyl (C=O) groups is 1. The zero-order chi connectivity index (χ0) is 22.9. The van der Waals surface area contributed by atoms with Crippen molar-refractivity contribution >= 4 is 33.2 Å². The Balaban J connectivity index is 1.51. The van der Waals surface area contributed by atoms with E-state index in [1.165, 1.54) is 6.07 Å². The highest BCUT2D eigenvalue weighted by Crippen LogP contribution is 2.28. The minimum Gasteiger partial charge on any atom is -0.311 e. The van der Waals surface area contributed by atoms with Crippen molar-refractivity contribution in [2.45, 2.75) is 41.6 Å². The van der Waals surface area contributed by atoms with Crippen molar-refractivity contribution in [1.29, 1.82) is 0 Å². The smallest absolute Gasteiger partial charge is 0.270 e. The number of aryl methyl sites for hydroxylation is 3. The summed E-state index contributed by atoms with van der Waals surface area (Å²) in [6.45, 7) is 4.21. The maximum Gasteiger partial charge on any atom is 0.270 e. The number of nitrogens with one attached hydrogen (secondary N) is 1. The fourth-order valence-electron chi connectivity index (χ4n) is 3.85. The molecule has 1 aliphatic rings. The summed E-state index contributed by atoms with van der Waals surface area (Å²) in [5.74, 6) is -0.00255. The van der Waals surface area contributed by atoms with E-state index >= 15 is 0 Å². The monoisotopic (exact) mass is 469 g/mol. The molecule has 0 bridgehead atoms. The maximum absolute atomic E-state index is 13.0. The molecule has 1 N–H and O–H groups in total. The van der Waals surface area contributed by atoms with Gasteiger partial charge in [-0.15, -0.1) is 0 Å². The number of aromatic amines is 1. The van der Waals surface area contributed by atoms with E-state index in [1.54, 1.807) is 24.0 Å². The molecular weight excluding hydrogens is 446 g/mol. The standard InChI is InChI=1S/C23H23N3O4S2/c1-15-9-10-19(16(2)12-15)32(29,30)20-13-24-23(25-22(20)28)31-14-21(27)26-11-5-7-17-6-3-4-8-18(17)26/h3-4,6,8-10,12-13H,5,7,11,14H2,1-2H3,(H,24,25,28). The number of thioether (sulfide) groups is 1.